The molecule has 1 N–H and O–H groups in total. The van der Waals surface area contributed by atoms with Crippen molar-refractivity contribution < 1.29 is 19.1 Å². The fourth-order valence-electron chi connectivity index (χ4n) is 2.43. The van der Waals surface area contributed by atoms with Crippen molar-refractivity contribution in [1.29, 1.82) is 0 Å². The first-order valence-corrected chi connectivity index (χ1v) is 10.2. The maximum Gasteiger partial charge on any atom is 0.340 e. The van der Waals surface area contributed by atoms with Gasteiger partial charge in [0.25, 0.3) is 5.56 Å². The maximum absolute atomic E-state index is 12.5. The number of aromatic nitrogens is 2. The smallest absolute Gasteiger partial charge is 0.340 e. The average Bonchev–Trinajstić information content (AvgIpc) is 2.66. The molecule has 1 heterocycles. The highest BCUT2D eigenvalue weighted by Gasteiger charge is 2.26. The molecule has 2 rings (SSSR count). The summed E-state index contributed by atoms with van der Waals surface area (Å²) in [5.74, 6) is -1.44. The largest absolute Gasteiger partial charge is 0.461 e. The van der Waals surface area contributed by atoms with Crippen LogP contribution in [-0.2, 0) is 18.1 Å². The summed E-state index contributed by atoms with van der Waals surface area (Å²) in [5, 5.41) is 0.0116. The molecule has 12 heteroatoms. The van der Waals surface area contributed by atoms with E-state index in [2.05, 4.69) is 11.6 Å². The van der Waals surface area contributed by atoms with E-state index in [1.54, 1.807) is 0 Å². The number of esters is 2. The molecule has 0 bridgehead atoms. The van der Waals surface area contributed by atoms with E-state index in [0.717, 1.165) is 10.6 Å². The van der Waals surface area contributed by atoms with E-state index in [1.165, 1.54) is 31.2 Å². The third-order valence-corrected chi connectivity index (χ3v) is 4.73. The summed E-state index contributed by atoms with van der Waals surface area (Å²) in [4.78, 5) is 51.2. The molecule has 1 aromatic heterocycles. The minimum Gasteiger partial charge on any atom is -0.461 e. The second-order valence-corrected chi connectivity index (χ2v) is 8.90. The first-order valence-electron chi connectivity index (χ1n) is 8.65. The molecule has 0 amide bonds. The molecule has 0 saturated carbocycles. The van der Waals surface area contributed by atoms with Gasteiger partial charge >= 0.3 is 17.6 Å². The number of carbonyl (C=O) groups excluding carboxylic acids is 2. The molecule has 1 unspecified atom stereocenters. The predicted octanol–water partition coefficient (Wildman–Crippen LogP) is 3.67. The second-order valence-electron chi connectivity index (χ2n) is 6.22. The van der Waals surface area contributed by atoms with E-state index < -0.39 is 33.1 Å². The van der Waals surface area contributed by atoms with Crippen molar-refractivity contribution >= 4 is 58.3 Å². The highest BCUT2D eigenvalue weighted by Crippen LogP contribution is 2.35. The fourth-order valence-corrected chi connectivity index (χ4v) is 2.93. The van der Waals surface area contributed by atoms with Gasteiger partial charge in [0, 0.05) is 6.07 Å². The Hall–Kier alpha value is -2.26. The molecule has 31 heavy (non-hydrogen) atoms. The van der Waals surface area contributed by atoms with E-state index in [1.807, 2.05) is 0 Å². The molecule has 0 aliphatic carbocycles. The van der Waals surface area contributed by atoms with Crippen LogP contribution in [0.15, 0.2) is 46.5 Å². The van der Waals surface area contributed by atoms with Crippen LogP contribution in [0.25, 0.3) is 5.69 Å². The Morgan fingerprint density at radius 3 is 2.52 bits per heavy atom. The number of H-pyrrole nitrogens is 1. The van der Waals surface area contributed by atoms with Crippen molar-refractivity contribution in [3.05, 3.63) is 74.0 Å². The number of nitrogens with one attached hydrogen (secondary N) is 1. The molecule has 166 valence electrons. The van der Waals surface area contributed by atoms with Crippen molar-refractivity contribution in [2.24, 2.45) is 0 Å². The number of benzene rings is 1. The van der Waals surface area contributed by atoms with Crippen LogP contribution in [0, 0.1) is 0 Å². The van der Waals surface area contributed by atoms with Crippen LogP contribution in [0.3, 0.4) is 0 Å². The number of nitrogens with zero attached hydrogens (tertiary/aromatic N) is 1. The fraction of sp³-hybridized carbons (Fsp3) is 0.263. The molecular formula is C19H16Cl4N2O6. The highest BCUT2D eigenvalue weighted by atomic mass is 35.6. The van der Waals surface area contributed by atoms with Gasteiger partial charge in [0.1, 0.15) is 12.7 Å². The van der Waals surface area contributed by atoms with Gasteiger partial charge in [-0.2, -0.15) is 0 Å². The number of carbonyl (C=O) groups is 2. The summed E-state index contributed by atoms with van der Waals surface area (Å²) in [6.07, 6.45) is 0.400. The third-order valence-electron chi connectivity index (χ3n) is 3.79. The molecule has 1 atom stereocenters. The van der Waals surface area contributed by atoms with Crippen LogP contribution < -0.4 is 11.2 Å². The van der Waals surface area contributed by atoms with Gasteiger partial charge in [-0.1, -0.05) is 59.1 Å². The van der Waals surface area contributed by atoms with E-state index >= 15 is 0 Å². The molecule has 0 aliphatic heterocycles. The molecule has 1 aromatic carbocycles. The predicted molar refractivity (Wildman–Crippen MR) is 118 cm³/mol. The van der Waals surface area contributed by atoms with Crippen molar-refractivity contribution in [3.63, 3.8) is 0 Å². The van der Waals surface area contributed by atoms with Gasteiger partial charge in [0.05, 0.1) is 28.4 Å². The summed E-state index contributed by atoms with van der Waals surface area (Å²) in [5.41, 5.74) is -2.01. The summed E-state index contributed by atoms with van der Waals surface area (Å²) < 4.78 is 8.76. The Bertz CT molecular complexity index is 1090. The number of hydrogen-bond acceptors (Lipinski definition) is 6. The minimum atomic E-state index is -2.00. The van der Waals surface area contributed by atoms with Crippen molar-refractivity contribution in [1.82, 2.24) is 9.55 Å². The van der Waals surface area contributed by atoms with Gasteiger partial charge in [0.2, 0.25) is 3.79 Å². The molecule has 0 fully saturated rings. The number of halogens is 4. The van der Waals surface area contributed by atoms with Crippen LogP contribution in [0.5, 0.6) is 0 Å². The van der Waals surface area contributed by atoms with Gasteiger partial charge in [-0.05, 0) is 25.1 Å². The standard InChI is InChI=1S/C19H16Cl4N2O6/c1-3-6-30-16(27)7-10(2)31-17(28)12-8-11(4-5-13(12)20)25-15(26)9-14(19(21,22)23)24-18(25)29/h3-5,8-10H,1,6-7H2,2H3,(H,24,29). The van der Waals surface area contributed by atoms with E-state index in [9.17, 15) is 19.2 Å². The van der Waals surface area contributed by atoms with Crippen molar-refractivity contribution in [2.45, 2.75) is 23.2 Å². The first-order chi connectivity index (χ1) is 14.4. The van der Waals surface area contributed by atoms with E-state index in [-0.39, 0.29) is 35.0 Å². The zero-order valence-corrected chi connectivity index (χ0v) is 19.0. The van der Waals surface area contributed by atoms with Crippen LogP contribution in [-0.4, -0.2) is 34.2 Å². The van der Waals surface area contributed by atoms with Crippen LogP contribution in [0.1, 0.15) is 29.4 Å². The number of hydrogen-bond donors (Lipinski definition) is 1. The SMILES string of the molecule is C=CCOC(=O)CC(C)OC(=O)c1cc(-n2c(=O)cc(C(Cl)(Cl)Cl)[nH]c2=O)ccc1Cl. The Morgan fingerprint density at radius 2 is 1.94 bits per heavy atom. The molecule has 0 saturated heterocycles. The van der Waals surface area contributed by atoms with Crippen molar-refractivity contribution in [3.8, 4) is 5.69 Å². The molecule has 0 radical (unpaired) electrons. The van der Waals surface area contributed by atoms with Gasteiger partial charge < -0.3 is 14.5 Å². The van der Waals surface area contributed by atoms with Crippen LogP contribution >= 0.6 is 46.4 Å². The quantitative estimate of drug-likeness (QED) is 0.346. The zero-order chi connectivity index (χ0) is 23.3. The van der Waals surface area contributed by atoms with Crippen molar-refractivity contribution in [2.75, 3.05) is 6.61 Å². The monoisotopic (exact) mass is 508 g/mol. The lowest BCUT2D eigenvalue weighted by atomic mass is 10.2. The normalized spacial score (nSPS) is 12.2. The van der Waals surface area contributed by atoms with Crippen LogP contribution in [0.4, 0.5) is 0 Å². The van der Waals surface area contributed by atoms with Gasteiger partial charge in [0.15, 0.2) is 0 Å². The average molecular weight is 510 g/mol. The maximum atomic E-state index is 12.5. The second kappa shape index (κ2) is 10.4. The molecular weight excluding hydrogens is 494 g/mol. The Balaban J connectivity index is 2.31. The number of rotatable bonds is 7. The van der Waals surface area contributed by atoms with E-state index in [0.29, 0.717) is 0 Å². The first kappa shape index (κ1) is 25.0. The highest BCUT2D eigenvalue weighted by molar-refractivity contribution is 6.66. The lowest BCUT2D eigenvalue weighted by Crippen LogP contribution is -2.35. The number of aromatic amines is 1. The lowest BCUT2D eigenvalue weighted by Gasteiger charge is -2.15. The van der Waals surface area contributed by atoms with Gasteiger partial charge in [-0.3, -0.25) is 9.59 Å². The van der Waals surface area contributed by atoms with E-state index in [4.69, 9.17) is 55.9 Å². The summed E-state index contributed by atoms with van der Waals surface area (Å²) >= 11 is 23.2. The Labute approximate surface area is 196 Å². The molecule has 0 aliphatic rings. The topological polar surface area (TPSA) is 107 Å². The Morgan fingerprint density at radius 1 is 1.26 bits per heavy atom. The molecule has 8 nitrogen and oxygen atoms in total. The number of ether oxygens (including phenoxy) is 2. The lowest BCUT2D eigenvalue weighted by molar-refractivity contribution is -0.144. The molecule has 0 spiro atoms. The zero-order valence-electron chi connectivity index (χ0n) is 16.0. The summed E-state index contributed by atoms with van der Waals surface area (Å²) in [6.45, 7) is 4.96. The minimum absolute atomic E-state index is 0.0116. The van der Waals surface area contributed by atoms with Gasteiger partial charge in [-0.15, -0.1) is 0 Å². The third kappa shape index (κ3) is 6.61. The van der Waals surface area contributed by atoms with Crippen LogP contribution in [0.2, 0.25) is 5.02 Å². The summed E-state index contributed by atoms with van der Waals surface area (Å²) in [7, 11) is 0. The summed E-state index contributed by atoms with van der Waals surface area (Å²) in [6, 6.07) is 4.79. The van der Waals surface area contributed by atoms with Gasteiger partial charge in [-0.25, -0.2) is 14.2 Å². The Kier molecular flexibility index (Phi) is 8.36. The number of alkyl halides is 3. The molecule has 2 aromatic rings.